The largest absolute Gasteiger partial charge is 0.497 e. The second-order valence-electron chi connectivity index (χ2n) is 8.35. The molecule has 4 aromatic carbocycles. The van der Waals surface area contributed by atoms with E-state index < -0.39 is 0 Å². The molecule has 0 saturated carbocycles. The molecule has 1 nitrogen and oxygen atoms in total. The molecule has 30 heavy (non-hydrogen) atoms. The van der Waals surface area contributed by atoms with Gasteiger partial charge in [0.1, 0.15) is 5.75 Å². The summed E-state index contributed by atoms with van der Waals surface area (Å²) in [5.74, 6) is 0.872. The van der Waals surface area contributed by atoms with Crippen molar-refractivity contribution in [2.24, 2.45) is 0 Å². The van der Waals surface area contributed by atoms with E-state index in [0.717, 1.165) is 10.2 Å². The smallest absolute Gasteiger partial charge is 0.119 e. The Kier molecular flexibility index (Phi) is 4.56. The van der Waals surface area contributed by atoms with Crippen LogP contribution in [0.1, 0.15) is 25.0 Å². The van der Waals surface area contributed by atoms with Gasteiger partial charge in [0.15, 0.2) is 0 Å². The fourth-order valence-electron chi connectivity index (χ4n) is 4.64. The average Bonchev–Trinajstić information content (AvgIpc) is 3.00. The van der Waals surface area contributed by atoms with E-state index in [4.69, 9.17) is 4.74 Å². The van der Waals surface area contributed by atoms with Crippen molar-refractivity contribution >= 4 is 15.9 Å². The fourth-order valence-corrected chi connectivity index (χ4v) is 5.00. The maximum Gasteiger partial charge on any atom is 0.119 e. The zero-order valence-electron chi connectivity index (χ0n) is 17.4. The Labute approximate surface area is 186 Å². The Balaban J connectivity index is 1.70. The van der Waals surface area contributed by atoms with Gasteiger partial charge in [-0.1, -0.05) is 84.4 Å². The lowest BCUT2D eigenvalue weighted by atomic mass is 9.81. The lowest BCUT2D eigenvalue weighted by Gasteiger charge is -2.22. The Morgan fingerprint density at radius 3 is 2.03 bits per heavy atom. The second-order valence-corrected chi connectivity index (χ2v) is 9.27. The second kappa shape index (κ2) is 7.14. The van der Waals surface area contributed by atoms with Crippen molar-refractivity contribution in [2.45, 2.75) is 19.3 Å². The van der Waals surface area contributed by atoms with Crippen LogP contribution in [0, 0.1) is 0 Å². The number of fused-ring (bicyclic) bond motifs is 3. The normalized spacial score (nSPS) is 13.6. The van der Waals surface area contributed by atoms with Crippen LogP contribution in [0.15, 0.2) is 89.4 Å². The zero-order valence-corrected chi connectivity index (χ0v) is 19.0. The van der Waals surface area contributed by atoms with Crippen molar-refractivity contribution < 1.29 is 4.74 Å². The van der Waals surface area contributed by atoms with Crippen molar-refractivity contribution in [1.82, 2.24) is 0 Å². The third kappa shape index (κ3) is 2.98. The fraction of sp³-hybridized carbons (Fsp3) is 0.143. The molecule has 0 atom stereocenters. The Morgan fingerprint density at radius 1 is 0.633 bits per heavy atom. The molecule has 0 saturated heterocycles. The maximum atomic E-state index is 5.52. The van der Waals surface area contributed by atoms with Crippen molar-refractivity contribution in [2.75, 3.05) is 7.11 Å². The van der Waals surface area contributed by atoms with E-state index in [1.807, 2.05) is 6.07 Å². The molecule has 0 aliphatic heterocycles. The predicted octanol–water partition coefficient (Wildman–Crippen LogP) is 8.10. The molecule has 1 aliphatic carbocycles. The van der Waals surface area contributed by atoms with E-state index in [2.05, 4.69) is 109 Å². The molecule has 0 heterocycles. The summed E-state index contributed by atoms with van der Waals surface area (Å²) in [4.78, 5) is 0. The van der Waals surface area contributed by atoms with Crippen LogP contribution < -0.4 is 4.74 Å². The molecule has 0 radical (unpaired) electrons. The standard InChI is InChI=1S/C28H23BrO/c1-28(2)26-15-19(9-12-23(26)24-13-10-20(29)16-27(24)28)22-14-11-21(30-3)17-25(22)18-7-5-4-6-8-18/h4-17H,1-3H3. The average molecular weight is 455 g/mol. The Bertz CT molecular complexity index is 1260. The summed E-state index contributed by atoms with van der Waals surface area (Å²) in [5.41, 5.74) is 10.2. The first-order valence-electron chi connectivity index (χ1n) is 10.2. The molecule has 2 heteroatoms. The molecule has 0 aromatic heterocycles. The summed E-state index contributed by atoms with van der Waals surface area (Å²) < 4.78 is 6.65. The Hall–Kier alpha value is -2.84. The van der Waals surface area contributed by atoms with Gasteiger partial charge in [-0.15, -0.1) is 0 Å². The molecule has 0 spiro atoms. The van der Waals surface area contributed by atoms with E-state index >= 15 is 0 Å². The molecule has 0 bridgehead atoms. The zero-order chi connectivity index (χ0) is 20.9. The van der Waals surface area contributed by atoms with E-state index in [9.17, 15) is 0 Å². The minimum absolute atomic E-state index is 0.0379. The van der Waals surface area contributed by atoms with Gasteiger partial charge in [-0.2, -0.15) is 0 Å². The minimum Gasteiger partial charge on any atom is -0.497 e. The summed E-state index contributed by atoms with van der Waals surface area (Å²) in [6.07, 6.45) is 0. The third-order valence-corrected chi connectivity index (χ3v) is 6.75. The van der Waals surface area contributed by atoms with E-state index in [0.29, 0.717) is 0 Å². The lowest BCUT2D eigenvalue weighted by molar-refractivity contribution is 0.415. The minimum atomic E-state index is -0.0379. The molecule has 148 valence electrons. The highest BCUT2D eigenvalue weighted by atomic mass is 79.9. The molecular formula is C28H23BrO. The van der Waals surface area contributed by atoms with Crippen molar-refractivity contribution in [1.29, 1.82) is 0 Å². The molecule has 0 unspecified atom stereocenters. The number of rotatable bonds is 3. The molecule has 0 amide bonds. The topological polar surface area (TPSA) is 9.23 Å². The van der Waals surface area contributed by atoms with Gasteiger partial charge >= 0.3 is 0 Å². The summed E-state index contributed by atoms with van der Waals surface area (Å²) in [6, 6.07) is 30.4. The van der Waals surface area contributed by atoms with Gasteiger partial charge in [0, 0.05) is 9.89 Å². The highest BCUT2D eigenvalue weighted by Crippen LogP contribution is 2.50. The number of methoxy groups -OCH3 is 1. The van der Waals surface area contributed by atoms with Crippen molar-refractivity contribution in [3.05, 3.63) is 101 Å². The summed E-state index contributed by atoms with van der Waals surface area (Å²) in [5, 5.41) is 0. The summed E-state index contributed by atoms with van der Waals surface area (Å²) in [6.45, 7) is 4.64. The monoisotopic (exact) mass is 454 g/mol. The first kappa shape index (κ1) is 19.1. The van der Waals surface area contributed by atoms with Gasteiger partial charge in [0.05, 0.1) is 7.11 Å². The molecule has 0 N–H and O–H groups in total. The Morgan fingerprint density at radius 2 is 1.30 bits per heavy atom. The number of benzene rings is 4. The van der Waals surface area contributed by atoms with Gasteiger partial charge in [0.2, 0.25) is 0 Å². The number of hydrogen-bond acceptors (Lipinski definition) is 1. The SMILES string of the molecule is COc1ccc(-c2ccc3c(c2)C(C)(C)c2cc(Br)ccc2-3)c(-c2ccccc2)c1. The molecule has 0 fully saturated rings. The van der Waals surface area contributed by atoms with Crippen molar-refractivity contribution in [3.63, 3.8) is 0 Å². The summed E-state index contributed by atoms with van der Waals surface area (Å²) in [7, 11) is 1.72. The van der Waals surface area contributed by atoms with E-state index in [1.165, 1.54) is 44.5 Å². The first-order chi connectivity index (χ1) is 14.5. The highest BCUT2D eigenvalue weighted by Gasteiger charge is 2.35. The molecule has 1 aliphatic rings. The van der Waals surface area contributed by atoms with Crippen LogP contribution in [-0.2, 0) is 5.41 Å². The molecular weight excluding hydrogens is 432 g/mol. The van der Waals surface area contributed by atoms with Crippen LogP contribution in [0.25, 0.3) is 33.4 Å². The van der Waals surface area contributed by atoms with E-state index in [-0.39, 0.29) is 5.41 Å². The van der Waals surface area contributed by atoms with Crippen LogP contribution in [0.5, 0.6) is 5.75 Å². The molecule has 4 aromatic rings. The van der Waals surface area contributed by atoms with Crippen LogP contribution in [-0.4, -0.2) is 7.11 Å². The van der Waals surface area contributed by atoms with Gasteiger partial charge in [-0.05, 0) is 74.8 Å². The quantitative estimate of drug-likeness (QED) is 0.303. The predicted molar refractivity (Wildman–Crippen MR) is 129 cm³/mol. The van der Waals surface area contributed by atoms with Crippen LogP contribution in [0.4, 0.5) is 0 Å². The lowest BCUT2D eigenvalue weighted by Crippen LogP contribution is -2.15. The number of ether oxygens (including phenoxy) is 1. The third-order valence-electron chi connectivity index (χ3n) is 6.26. The van der Waals surface area contributed by atoms with Crippen molar-refractivity contribution in [3.8, 4) is 39.1 Å². The van der Waals surface area contributed by atoms with Gasteiger partial charge < -0.3 is 4.74 Å². The first-order valence-corrected chi connectivity index (χ1v) is 11.0. The van der Waals surface area contributed by atoms with Crippen LogP contribution in [0.3, 0.4) is 0 Å². The highest BCUT2D eigenvalue weighted by molar-refractivity contribution is 9.10. The number of hydrogen-bond donors (Lipinski definition) is 0. The van der Waals surface area contributed by atoms with Crippen LogP contribution in [0.2, 0.25) is 0 Å². The maximum absolute atomic E-state index is 5.52. The van der Waals surface area contributed by atoms with Gasteiger partial charge in [-0.25, -0.2) is 0 Å². The summed E-state index contributed by atoms with van der Waals surface area (Å²) >= 11 is 3.65. The molecule has 5 rings (SSSR count). The van der Waals surface area contributed by atoms with Crippen LogP contribution >= 0.6 is 15.9 Å². The van der Waals surface area contributed by atoms with Gasteiger partial charge in [-0.3, -0.25) is 0 Å². The number of halogens is 1. The van der Waals surface area contributed by atoms with E-state index in [1.54, 1.807) is 7.11 Å². The van der Waals surface area contributed by atoms with Gasteiger partial charge in [0.25, 0.3) is 0 Å².